The molecule has 0 radical (unpaired) electrons. The van der Waals surface area contributed by atoms with E-state index in [1.54, 1.807) is 12.1 Å². The first-order valence-electron chi connectivity index (χ1n) is 5.84. The molecule has 2 nitrogen and oxygen atoms in total. The lowest BCUT2D eigenvalue weighted by molar-refractivity contribution is 0.0920. The molecule has 5 heteroatoms. The van der Waals surface area contributed by atoms with Crippen molar-refractivity contribution in [3.63, 3.8) is 0 Å². The molecule has 20 heavy (non-hydrogen) atoms. The minimum absolute atomic E-state index is 0.00548. The number of ether oxygens (including phenoxy) is 1. The van der Waals surface area contributed by atoms with E-state index in [9.17, 15) is 9.18 Å². The Morgan fingerprint density at radius 1 is 1.30 bits per heavy atom. The minimum atomic E-state index is -0.590. The van der Waals surface area contributed by atoms with E-state index in [2.05, 4.69) is 15.9 Å². The predicted molar refractivity (Wildman–Crippen MR) is 80.1 cm³/mol. The summed E-state index contributed by atoms with van der Waals surface area (Å²) in [7, 11) is 0. The van der Waals surface area contributed by atoms with Crippen molar-refractivity contribution in [2.45, 2.75) is 6.92 Å². The van der Waals surface area contributed by atoms with Crippen LogP contribution in [-0.4, -0.2) is 12.4 Å². The van der Waals surface area contributed by atoms with Gasteiger partial charge in [0.05, 0.1) is 9.50 Å². The zero-order valence-corrected chi connectivity index (χ0v) is 13.0. The van der Waals surface area contributed by atoms with Crippen LogP contribution in [0.1, 0.15) is 15.9 Å². The van der Waals surface area contributed by atoms with Gasteiger partial charge in [-0.15, -0.1) is 0 Å². The highest BCUT2D eigenvalue weighted by Gasteiger charge is 2.11. The molecular formula is C15H11BrClFO2. The van der Waals surface area contributed by atoms with E-state index in [1.807, 2.05) is 19.1 Å². The van der Waals surface area contributed by atoms with E-state index in [4.69, 9.17) is 16.3 Å². The van der Waals surface area contributed by atoms with Crippen LogP contribution in [0.3, 0.4) is 0 Å². The Balaban J connectivity index is 2.07. The van der Waals surface area contributed by atoms with Crippen molar-refractivity contribution >= 4 is 33.3 Å². The van der Waals surface area contributed by atoms with Crippen molar-refractivity contribution in [2.24, 2.45) is 0 Å². The van der Waals surface area contributed by atoms with Gasteiger partial charge >= 0.3 is 0 Å². The molecule has 0 aliphatic carbocycles. The van der Waals surface area contributed by atoms with Crippen LogP contribution in [0.25, 0.3) is 0 Å². The third kappa shape index (κ3) is 3.58. The molecule has 0 atom stereocenters. The summed E-state index contributed by atoms with van der Waals surface area (Å²) < 4.78 is 19.2. The van der Waals surface area contributed by atoms with Gasteiger partial charge in [-0.25, -0.2) is 4.39 Å². The molecule has 0 aromatic heterocycles. The second-order valence-electron chi connectivity index (χ2n) is 4.27. The Hall–Kier alpha value is -1.39. The van der Waals surface area contributed by atoms with Gasteiger partial charge in [0.15, 0.2) is 12.4 Å². The van der Waals surface area contributed by atoms with Gasteiger partial charge in [0.1, 0.15) is 11.6 Å². The van der Waals surface area contributed by atoms with Gasteiger partial charge in [0.25, 0.3) is 0 Å². The molecule has 2 aromatic carbocycles. The van der Waals surface area contributed by atoms with Crippen LogP contribution in [0.5, 0.6) is 5.75 Å². The van der Waals surface area contributed by atoms with Crippen LogP contribution in [0.2, 0.25) is 5.02 Å². The first kappa shape index (κ1) is 15.0. The Kier molecular flexibility index (Phi) is 4.78. The van der Waals surface area contributed by atoms with Crippen LogP contribution in [-0.2, 0) is 0 Å². The topological polar surface area (TPSA) is 26.3 Å². The lowest BCUT2D eigenvalue weighted by atomic mass is 10.1. The summed E-state index contributed by atoms with van der Waals surface area (Å²) in [4.78, 5) is 11.9. The van der Waals surface area contributed by atoms with Crippen LogP contribution < -0.4 is 4.74 Å². The van der Waals surface area contributed by atoms with Crippen molar-refractivity contribution in [3.8, 4) is 5.75 Å². The van der Waals surface area contributed by atoms with E-state index >= 15 is 0 Å². The van der Waals surface area contributed by atoms with Gasteiger partial charge in [-0.2, -0.15) is 0 Å². The summed E-state index contributed by atoms with van der Waals surface area (Å²) >= 11 is 8.84. The van der Waals surface area contributed by atoms with Gasteiger partial charge in [0.2, 0.25) is 0 Å². The highest BCUT2D eigenvalue weighted by Crippen LogP contribution is 2.30. The Morgan fingerprint density at radius 2 is 1.95 bits per heavy atom. The maximum Gasteiger partial charge on any atom is 0.200 e. The Morgan fingerprint density at radius 3 is 2.60 bits per heavy atom. The number of ketones is 1. The predicted octanol–water partition coefficient (Wildman–Crippen LogP) is 4.81. The fraction of sp³-hybridized carbons (Fsp3) is 0.133. The van der Waals surface area contributed by atoms with Crippen LogP contribution in [0.4, 0.5) is 4.39 Å². The smallest absolute Gasteiger partial charge is 0.200 e. The van der Waals surface area contributed by atoms with Gasteiger partial charge < -0.3 is 4.74 Å². The molecule has 0 saturated carbocycles. The number of halogens is 3. The first-order valence-corrected chi connectivity index (χ1v) is 7.01. The molecule has 0 amide bonds. The molecule has 2 rings (SSSR count). The van der Waals surface area contributed by atoms with Crippen LogP contribution >= 0.6 is 27.5 Å². The summed E-state index contributed by atoms with van der Waals surface area (Å²) in [5.74, 6) is -0.521. The lowest BCUT2D eigenvalue weighted by Gasteiger charge is -2.08. The molecule has 0 spiro atoms. The Labute approximate surface area is 129 Å². The monoisotopic (exact) mass is 356 g/mol. The fourth-order valence-corrected chi connectivity index (χ4v) is 2.33. The van der Waals surface area contributed by atoms with Crippen molar-refractivity contribution in [1.29, 1.82) is 0 Å². The number of hydrogen-bond donors (Lipinski definition) is 0. The number of carbonyl (C=O) groups is 1. The van der Waals surface area contributed by atoms with Crippen molar-refractivity contribution in [1.82, 2.24) is 0 Å². The number of rotatable bonds is 4. The third-order valence-electron chi connectivity index (χ3n) is 2.71. The SMILES string of the molecule is Cc1ccc(C(=O)COc2cc(F)c(Cl)cc2Br)cc1. The second-order valence-corrected chi connectivity index (χ2v) is 5.54. The number of benzene rings is 2. The highest BCUT2D eigenvalue weighted by atomic mass is 79.9. The molecular weight excluding hydrogens is 347 g/mol. The van der Waals surface area contributed by atoms with Gasteiger partial charge in [0, 0.05) is 11.6 Å². The molecule has 0 aliphatic rings. The van der Waals surface area contributed by atoms with Gasteiger partial charge in [-0.3, -0.25) is 4.79 Å². The van der Waals surface area contributed by atoms with Crippen molar-refractivity contribution < 1.29 is 13.9 Å². The molecule has 104 valence electrons. The van der Waals surface area contributed by atoms with E-state index < -0.39 is 5.82 Å². The molecule has 0 bridgehead atoms. The number of carbonyl (C=O) groups excluding carboxylic acids is 1. The zero-order chi connectivity index (χ0) is 14.7. The van der Waals surface area contributed by atoms with E-state index in [0.29, 0.717) is 10.0 Å². The molecule has 0 aliphatic heterocycles. The number of hydrogen-bond acceptors (Lipinski definition) is 2. The number of Topliss-reactive ketones (excluding diaryl/α,β-unsaturated/α-hetero) is 1. The lowest BCUT2D eigenvalue weighted by Crippen LogP contribution is -2.11. The molecule has 0 fully saturated rings. The van der Waals surface area contributed by atoms with Crippen LogP contribution in [0, 0.1) is 12.7 Å². The number of aryl methyl sites for hydroxylation is 1. The second kappa shape index (κ2) is 6.37. The largest absolute Gasteiger partial charge is 0.484 e. The molecule has 0 saturated heterocycles. The summed E-state index contributed by atoms with van der Waals surface area (Å²) in [5.41, 5.74) is 1.63. The molecule has 0 heterocycles. The highest BCUT2D eigenvalue weighted by molar-refractivity contribution is 9.10. The first-order chi connectivity index (χ1) is 9.47. The van der Waals surface area contributed by atoms with Gasteiger partial charge in [-0.1, -0.05) is 41.4 Å². The fourth-order valence-electron chi connectivity index (χ4n) is 1.58. The van der Waals surface area contributed by atoms with E-state index in [1.165, 1.54) is 6.07 Å². The standard InChI is InChI=1S/C15H11BrClFO2/c1-9-2-4-10(5-3-9)14(19)8-20-15-7-13(18)12(17)6-11(15)16/h2-7H,8H2,1H3. The summed E-state index contributed by atoms with van der Waals surface area (Å²) in [6, 6.07) is 9.71. The maximum atomic E-state index is 13.3. The molecule has 0 N–H and O–H groups in total. The Bertz CT molecular complexity index is 641. The summed E-state index contributed by atoms with van der Waals surface area (Å²) in [5, 5.41) is -0.00548. The molecule has 2 aromatic rings. The van der Waals surface area contributed by atoms with Crippen molar-refractivity contribution in [3.05, 3.63) is 62.8 Å². The summed E-state index contributed by atoms with van der Waals surface area (Å²) in [6.07, 6.45) is 0. The zero-order valence-electron chi connectivity index (χ0n) is 10.6. The van der Waals surface area contributed by atoms with Crippen LogP contribution in [0.15, 0.2) is 40.9 Å². The molecule has 0 unspecified atom stereocenters. The third-order valence-corrected chi connectivity index (χ3v) is 3.62. The minimum Gasteiger partial charge on any atom is -0.484 e. The summed E-state index contributed by atoms with van der Waals surface area (Å²) in [6.45, 7) is 1.78. The average molecular weight is 358 g/mol. The quantitative estimate of drug-likeness (QED) is 0.580. The maximum absolute atomic E-state index is 13.3. The van der Waals surface area contributed by atoms with E-state index in [0.717, 1.165) is 11.6 Å². The van der Waals surface area contributed by atoms with Gasteiger partial charge in [-0.05, 0) is 28.9 Å². The van der Waals surface area contributed by atoms with Crippen molar-refractivity contribution in [2.75, 3.05) is 6.61 Å². The normalized spacial score (nSPS) is 10.4. The average Bonchev–Trinajstić information content (AvgIpc) is 2.42. The van der Waals surface area contributed by atoms with E-state index in [-0.39, 0.29) is 23.2 Å².